The van der Waals surface area contributed by atoms with Gasteiger partial charge in [0.15, 0.2) is 6.29 Å². The van der Waals surface area contributed by atoms with Crippen LogP contribution < -0.4 is 0 Å². The molecule has 1 saturated heterocycles. The number of hydrogen-bond acceptors (Lipinski definition) is 9. The molecule has 1 heterocycles. The molecule has 3 saturated carbocycles. The number of hydrogen-bond donors (Lipinski definition) is 6. The fourth-order valence-corrected chi connectivity index (χ4v) is 11.5. The highest BCUT2D eigenvalue weighted by molar-refractivity contribution is 5.92. The molecule has 262 valence electrons. The fraction of sp³-hybridized carbons (Fsp3) is 0.889. The lowest BCUT2D eigenvalue weighted by atomic mass is 9.34. The van der Waals surface area contributed by atoms with Gasteiger partial charge >= 0.3 is 5.97 Å². The second-order valence-corrected chi connectivity index (χ2v) is 17.3. The average molecular weight is 651 g/mol. The van der Waals surface area contributed by atoms with Crippen LogP contribution in [0.2, 0.25) is 0 Å². The molecule has 6 N–H and O–H groups in total. The Bertz CT molecular complexity index is 1250. The smallest absolute Gasteiger partial charge is 0.308 e. The summed E-state index contributed by atoms with van der Waals surface area (Å²) in [6.07, 6.45) is -3.90. The van der Waals surface area contributed by atoms with Gasteiger partial charge in [0.05, 0.1) is 24.7 Å². The first-order valence-corrected chi connectivity index (χ1v) is 17.2. The quantitative estimate of drug-likeness (QED) is 0.185. The van der Waals surface area contributed by atoms with Gasteiger partial charge in [0.1, 0.15) is 30.2 Å². The van der Waals surface area contributed by atoms with Crippen LogP contribution in [0.25, 0.3) is 0 Å². The molecule has 0 spiro atoms. The normalized spacial score (nSPS) is 51.0. The topological polar surface area (TPSA) is 174 Å². The Hall–Kier alpha value is -1.40. The Morgan fingerprint density at radius 3 is 2.17 bits per heavy atom. The van der Waals surface area contributed by atoms with E-state index in [-0.39, 0.29) is 29.5 Å². The van der Waals surface area contributed by atoms with E-state index in [9.17, 15) is 40.2 Å². The van der Waals surface area contributed by atoms with Crippen molar-refractivity contribution >= 4 is 11.8 Å². The van der Waals surface area contributed by atoms with Crippen molar-refractivity contribution in [2.24, 2.45) is 56.7 Å². The number of aliphatic carboxylic acids is 1. The van der Waals surface area contributed by atoms with Crippen LogP contribution in [0.4, 0.5) is 0 Å². The molecule has 15 atom stereocenters. The van der Waals surface area contributed by atoms with Gasteiger partial charge in [0.2, 0.25) is 0 Å². The Kier molecular flexibility index (Phi) is 9.05. The van der Waals surface area contributed by atoms with Gasteiger partial charge in [0.25, 0.3) is 0 Å². The van der Waals surface area contributed by atoms with E-state index in [2.05, 4.69) is 40.7 Å². The molecule has 4 fully saturated rings. The first-order valence-electron chi connectivity index (χ1n) is 17.2. The minimum Gasteiger partial charge on any atom is -0.481 e. The van der Waals surface area contributed by atoms with Crippen LogP contribution in [-0.2, 0) is 19.1 Å². The summed E-state index contributed by atoms with van der Waals surface area (Å²) in [6, 6.07) is 0. The minimum atomic E-state index is -1.58. The highest BCUT2D eigenvalue weighted by atomic mass is 16.7. The maximum atomic E-state index is 14.3. The Morgan fingerprint density at radius 1 is 0.978 bits per heavy atom. The molecule has 10 nitrogen and oxygen atoms in total. The van der Waals surface area contributed by atoms with Crippen LogP contribution in [-0.4, -0.2) is 91.9 Å². The van der Waals surface area contributed by atoms with E-state index in [0.717, 1.165) is 12.8 Å². The number of aliphatic hydroxyl groups excluding tert-OH is 5. The number of fused-ring (bicyclic) bond motifs is 5. The summed E-state index contributed by atoms with van der Waals surface area (Å²) < 4.78 is 11.9. The second-order valence-electron chi connectivity index (χ2n) is 17.3. The van der Waals surface area contributed by atoms with Gasteiger partial charge in [-0.15, -0.1) is 0 Å². The number of carboxylic acids is 1. The zero-order valence-corrected chi connectivity index (χ0v) is 29.1. The van der Waals surface area contributed by atoms with Gasteiger partial charge in [0, 0.05) is 11.8 Å². The molecule has 4 aliphatic carbocycles. The molecule has 46 heavy (non-hydrogen) atoms. The molecule has 0 radical (unpaired) electrons. The number of carbonyl (C=O) groups excluding carboxylic acids is 1. The Balaban J connectivity index is 1.50. The minimum absolute atomic E-state index is 0.0249. The van der Waals surface area contributed by atoms with Crippen molar-refractivity contribution < 1.29 is 49.7 Å². The standard InChI is InChI=1S/C36H58O10/c1-17(2)18(3)36(9)24(39)15-35(8)20-10-11-23-32(4,5)29(46-31-27(42)26(41)25(40)22(16-37)45-31)21(38)14-33(23,6)19(20)12-13-34(35,7)28(36)30(43)44/h12,17-18,20-23,25-29,31,37-38,40-42H,10-11,13-16H2,1-9H3,(H,43,44). The molecule has 10 heteroatoms. The summed E-state index contributed by atoms with van der Waals surface area (Å²) in [5, 5.41) is 63.5. The molecule has 1 aliphatic heterocycles. The van der Waals surface area contributed by atoms with Crippen LogP contribution in [0.3, 0.4) is 0 Å². The lowest BCUT2D eigenvalue weighted by Crippen LogP contribution is -2.68. The summed E-state index contributed by atoms with van der Waals surface area (Å²) in [7, 11) is 0. The number of rotatable bonds is 6. The van der Waals surface area contributed by atoms with Crippen LogP contribution in [0, 0.1) is 56.7 Å². The second kappa shape index (κ2) is 11.6. The van der Waals surface area contributed by atoms with Gasteiger partial charge in [-0.3, -0.25) is 9.59 Å². The van der Waals surface area contributed by atoms with Gasteiger partial charge in [-0.05, 0) is 71.0 Å². The number of aliphatic hydroxyl groups is 5. The average Bonchev–Trinajstić information content (AvgIpc) is 2.95. The van der Waals surface area contributed by atoms with E-state index in [4.69, 9.17) is 9.47 Å². The van der Waals surface area contributed by atoms with Gasteiger partial charge in [-0.1, -0.05) is 74.0 Å². The lowest BCUT2D eigenvalue weighted by Gasteiger charge is -2.69. The molecule has 5 aliphatic rings. The van der Waals surface area contributed by atoms with Crippen LogP contribution in [0.1, 0.15) is 94.4 Å². The van der Waals surface area contributed by atoms with Crippen molar-refractivity contribution in [2.45, 2.75) is 137 Å². The molecular formula is C36H58O10. The van der Waals surface area contributed by atoms with E-state index >= 15 is 0 Å². The Morgan fingerprint density at radius 2 is 1.61 bits per heavy atom. The first kappa shape index (κ1) is 35.9. The zero-order valence-electron chi connectivity index (χ0n) is 29.1. The van der Waals surface area contributed by atoms with Crippen LogP contribution in [0.5, 0.6) is 0 Å². The monoisotopic (exact) mass is 650 g/mol. The van der Waals surface area contributed by atoms with E-state index < -0.39 is 88.5 Å². The van der Waals surface area contributed by atoms with Crippen molar-refractivity contribution in [3.05, 3.63) is 11.6 Å². The van der Waals surface area contributed by atoms with Gasteiger partial charge in [-0.2, -0.15) is 0 Å². The highest BCUT2D eigenvalue weighted by Crippen LogP contribution is 2.73. The van der Waals surface area contributed by atoms with Gasteiger partial charge in [-0.25, -0.2) is 0 Å². The maximum Gasteiger partial charge on any atom is 0.308 e. The van der Waals surface area contributed by atoms with Gasteiger partial charge < -0.3 is 40.1 Å². The molecule has 0 aromatic heterocycles. The largest absolute Gasteiger partial charge is 0.481 e. The maximum absolute atomic E-state index is 14.3. The van der Waals surface area contributed by atoms with Crippen molar-refractivity contribution in [1.82, 2.24) is 0 Å². The van der Waals surface area contributed by atoms with Crippen molar-refractivity contribution in [2.75, 3.05) is 6.61 Å². The fourth-order valence-electron chi connectivity index (χ4n) is 11.5. The molecule has 0 bridgehead atoms. The molecule has 0 aromatic carbocycles. The van der Waals surface area contributed by atoms with Crippen molar-refractivity contribution in [3.8, 4) is 0 Å². The molecule has 0 aromatic rings. The number of ketones is 1. The summed E-state index contributed by atoms with van der Waals surface area (Å²) in [5.74, 6) is -1.65. The van der Waals surface area contributed by atoms with E-state index in [1.54, 1.807) is 0 Å². The third-order valence-corrected chi connectivity index (χ3v) is 14.7. The summed E-state index contributed by atoms with van der Waals surface area (Å²) in [4.78, 5) is 27.5. The summed E-state index contributed by atoms with van der Waals surface area (Å²) >= 11 is 0. The van der Waals surface area contributed by atoms with E-state index in [1.165, 1.54) is 5.57 Å². The van der Waals surface area contributed by atoms with E-state index in [1.807, 2.05) is 27.7 Å². The number of carbonyl (C=O) groups is 2. The van der Waals surface area contributed by atoms with Crippen molar-refractivity contribution in [3.63, 3.8) is 0 Å². The third kappa shape index (κ3) is 4.75. The summed E-state index contributed by atoms with van der Waals surface area (Å²) in [6.45, 7) is 17.9. The summed E-state index contributed by atoms with van der Waals surface area (Å²) in [5.41, 5.74) is -2.12. The lowest BCUT2D eigenvalue weighted by molar-refractivity contribution is -0.336. The first-order chi connectivity index (χ1) is 21.1. The highest BCUT2D eigenvalue weighted by Gasteiger charge is 2.72. The Labute approximate surface area is 273 Å². The third-order valence-electron chi connectivity index (χ3n) is 14.7. The molecule has 15 unspecified atom stereocenters. The predicted molar refractivity (Wildman–Crippen MR) is 169 cm³/mol. The molecule has 5 rings (SSSR count). The number of carboxylic acid groups (broad SMARTS) is 1. The van der Waals surface area contributed by atoms with Crippen LogP contribution >= 0.6 is 0 Å². The molecule has 0 amide bonds. The molecular weight excluding hydrogens is 592 g/mol. The number of Topliss-reactive ketones (excluding diaryl/α,β-unsaturated/α-hetero) is 1. The number of allylic oxidation sites excluding steroid dienone is 2. The zero-order chi connectivity index (χ0) is 34.5. The number of ether oxygens (including phenoxy) is 2. The van der Waals surface area contributed by atoms with Crippen molar-refractivity contribution in [1.29, 1.82) is 0 Å². The predicted octanol–water partition coefficient (Wildman–Crippen LogP) is 3.31. The van der Waals surface area contributed by atoms with Crippen LogP contribution in [0.15, 0.2) is 11.6 Å². The SMILES string of the molecule is CC(C)C(C)C1(C)C(=O)CC2(C)C3CCC4C(C)(CC(O)C(OC5OC(CO)C(O)C(O)C5O)C4(C)C)C3=CCC2(C)C1C(=O)O. The van der Waals surface area contributed by atoms with E-state index in [0.29, 0.717) is 19.3 Å².